The molecule has 0 saturated heterocycles. The summed E-state index contributed by atoms with van der Waals surface area (Å²) in [5.74, 6) is 1.99. The topological polar surface area (TPSA) is 26.0 Å². The van der Waals surface area contributed by atoms with Crippen LogP contribution in [-0.2, 0) is 6.42 Å². The molecule has 0 aromatic heterocycles. The zero-order chi connectivity index (χ0) is 14.6. The van der Waals surface area contributed by atoms with Gasteiger partial charge >= 0.3 is 0 Å². The number of hydrogen-bond acceptors (Lipinski definition) is 1. The highest BCUT2D eigenvalue weighted by Gasteiger charge is 2.55. The molecule has 4 unspecified atom stereocenters. The van der Waals surface area contributed by atoms with E-state index < -0.39 is 0 Å². The molecule has 2 aliphatic rings. The minimum atomic E-state index is 0.101. The standard InChI is InChI=1S/C19H20ClN/c1-11-6-7-13(10-16(11)20)19(21)18-15-9-8-12-4-2-3-5-14(12)17(15)18/h2-7,10,15,17-19H,8-9,21H2,1H3. The van der Waals surface area contributed by atoms with Crippen LogP contribution < -0.4 is 5.73 Å². The highest BCUT2D eigenvalue weighted by atomic mass is 35.5. The molecule has 21 heavy (non-hydrogen) atoms. The van der Waals surface area contributed by atoms with Gasteiger partial charge in [0.05, 0.1) is 0 Å². The molecule has 2 aliphatic carbocycles. The first kappa shape index (κ1) is 13.4. The van der Waals surface area contributed by atoms with E-state index in [2.05, 4.69) is 42.5 Å². The van der Waals surface area contributed by atoms with Crippen LogP contribution in [0.1, 0.15) is 40.6 Å². The van der Waals surface area contributed by atoms with Crippen molar-refractivity contribution in [3.63, 3.8) is 0 Å². The van der Waals surface area contributed by atoms with Crippen molar-refractivity contribution in [1.82, 2.24) is 0 Å². The summed E-state index contributed by atoms with van der Waals surface area (Å²) in [6.07, 6.45) is 2.48. The fourth-order valence-electron chi connectivity index (χ4n) is 4.15. The molecule has 0 radical (unpaired) electrons. The number of nitrogens with two attached hydrogens (primary N) is 1. The zero-order valence-electron chi connectivity index (χ0n) is 12.2. The Balaban J connectivity index is 1.63. The largest absolute Gasteiger partial charge is 0.324 e. The Bertz CT molecular complexity index is 694. The van der Waals surface area contributed by atoms with Crippen LogP contribution in [0.3, 0.4) is 0 Å². The first-order valence-corrected chi connectivity index (χ1v) is 8.14. The molecule has 0 aliphatic heterocycles. The predicted molar refractivity (Wildman–Crippen MR) is 87.6 cm³/mol. The van der Waals surface area contributed by atoms with E-state index in [1.807, 2.05) is 6.92 Å². The van der Waals surface area contributed by atoms with Crippen molar-refractivity contribution in [2.24, 2.45) is 17.6 Å². The maximum absolute atomic E-state index is 6.58. The van der Waals surface area contributed by atoms with Crippen LogP contribution in [0.4, 0.5) is 0 Å². The Kier molecular flexibility index (Phi) is 3.09. The molecule has 0 amide bonds. The molecule has 2 aromatic rings. The maximum Gasteiger partial charge on any atom is 0.0438 e. The fraction of sp³-hybridized carbons (Fsp3) is 0.368. The van der Waals surface area contributed by atoms with Gasteiger partial charge in [-0.05, 0) is 65.8 Å². The highest BCUT2D eigenvalue weighted by molar-refractivity contribution is 6.31. The monoisotopic (exact) mass is 297 g/mol. The smallest absolute Gasteiger partial charge is 0.0438 e. The molecular weight excluding hydrogens is 278 g/mol. The summed E-state index contributed by atoms with van der Waals surface area (Å²) in [5.41, 5.74) is 11.9. The van der Waals surface area contributed by atoms with Crippen LogP contribution in [-0.4, -0.2) is 0 Å². The van der Waals surface area contributed by atoms with Gasteiger partial charge in [0.25, 0.3) is 0 Å². The lowest BCUT2D eigenvalue weighted by Crippen LogP contribution is -2.14. The molecule has 1 fully saturated rings. The number of halogens is 1. The first-order chi connectivity index (χ1) is 10.2. The number of hydrogen-bond donors (Lipinski definition) is 1. The second-order valence-electron chi connectivity index (χ2n) is 6.54. The van der Waals surface area contributed by atoms with Crippen LogP contribution in [0.2, 0.25) is 5.02 Å². The average Bonchev–Trinajstić information content (AvgIpc) is 3.24. The van der Waals surface area contributed by atoms with Crippen molar-refractivity contribution in [3.05, 3.63) is 69.7 Å². The van der Waals surface area contributed by atoms with E-state index in [4.69, 9.17) is 17.3 Å². The SMILES string of the molecule is Cc1ccc(C(N)C2C3CCc4ccccc4C32)cc1Cl. The second-order valence-corrected chi connectivity index (χ2v) is 6.95. The van der Waals surface area contributed by atoms with Gasteiger partial charge in [0.15, 0.2) is 0 Å². The number of benzene rings is 2. The van der Waals surface area contributed by atoms with E-state index in [-0.39, 0.29) is 6.04 Å². The van der Waals surface area contributed by atoms with Gasteiger partial charge < -0.3 is 5.73 Å². The molecule has 0 heterocycles. The van der Waals surface area contributed by atoms with Crippen LogP contribution in [0.5, 0.6) is 0 Å². The van der Waals surface area contributed by atoms with Crippen molar-refractivity contribution in [1.29, 1.82) is 0 Å². The third kappa shape index (κ3) is 2.11. The summed E-state index contributed by atoms with van der Waals surface area (Å²) >= 11 is 6.26. The summed E-state index contributed by atoms with van der Waals surface area (Å²) < 4.78 is 0. The van der Waals surface area contributed by atoms with Gasteiger partial charge in [-0.3, -0.25) is 0 Å². The molecule has 0 bridgehead atoms. The molecule has 2 N–H and O–H groups in total. The van der Waals surface area contributed by atoms with Crippen LogP contribution in [0.15, 0.2) is 42.5 Å². The molecule has 2 heteroatoms. The van der Waals surface area contributed by atoms with Gasteiger partial charge in [0.1, 0.15) is 0 Å². The first-order valence-electron chi connectivity index (χ1n) is 7.76. The molecular formula is C19H20ClN. The molecule has 2 aromatic carbocycles. The Morgan fingerprint density at radius 1 is 1.19 bits per heavy atom. The van der Waals surface area contributed by atoms with Crippen molar-refractivity contribution in [2.45, 2.75) is 31.7 Å². The molecule has 1 nitrogen and oxygen atoms in total. The Morgan fingerprint density at radius 2 is 2.00 bits per heavy atom. The number of rotatable bonds is 2. The maximum atomic E-state index is 6.58. The van der Waals surface area contributed by atoms with Crippen molar-refractivity contribution < 1.29 is 0 Å². The predicted octanol–water partition coefficient (Wildman–Crippen LogP) is 4.62. The van der Waals surface area contributed by atoms with E-state index in [1.54, 1.807) is 0 Å². The summed E-state index contributed by atoms with van der Waals surface area (Å²) in [7, 11) is 0. The average molecular weight is 298 g/mol. The highest BCUT2D eigenvalue weighted by Crippen LogP contribution is 2.63. The van der Waals surface area contributed by atoms with Crippen LogP contribution >= 0.6 is 11.6 Å². The van der Waals surface area contributed by atoms with E-state index in [0.717, 1.165) is 16.5 Å². The lowest BCUT2D eigenvalue weighted by molar-refractivity contribution is 0.555. The summed E-state index contributed by atoms with van der Waals surface area (Å²) in [4.78, 5) is 0. The van der Waals surface area contributed by atoms with E-state index in [0.29, 0.717) is 11.8 Å². The Hall–Kier alpha value is -1.31. The van der Waals surface area contributed by atoms with E-state index >= 15 is 0 Å². The van der Waals surface area contributed by atoms with Gasteiger partial charge in [0.2, 0.25) is 0 Å². The number of aryl methyl sites for hydroxylation is 2. The van der Waals surface area contributed by atoms with E-state index in [1.165, 1.54) is 29.5 Å². The molecule has 4 rings (SSSR count). The van der Waals surface area contributed by atoms with Crippen molar-refractivity contribution >= 4 is 11.6 Å². The summed E-state index contributed by atoms with van der Waals surface area (Å²) in [6, 6.07) is 15.2. The number of fused-ring (bicyclic) bond motifs is 3. The third-order valence-electron chi connectivity index (χ3n) is 5.39. The molecule has 0 spiro atoms. The van der Waals surface area contributed by atoms with Crippen LogP contribution in [0, 0.1) is 18.8 Å². The van der Waals surface area contributed by atoms with Gasteiger partial charge in [-0.15, -0.1) is 0 Å². The molecule has 4 atom stereocenters. The second kappa shape index (κ2) is 4.86. The fourth-order valence-corrected chi connectivity index (χ4v) is 4.34. The van der Waals surface area contributed by atoms with Gasteiger partial charge in [-0.2, -0.15) is 0 Å². The minimum absolute atomic E-state index is 0.101. The third-order valence-corrected chi connectivity index (χ3v) is 5.79. The normalized spacial score (nSPS) is 27.7. The minimum Gasteiger partial charge on any atom is -0.324 e. The molecule has 108 valence electrons. The lowest BCUT2D eigenvalue weighted by atomic mass is 9.92. The quantitative estimate of drug-likeness (QED) is 0.859. The van der Waals surface area contributed by atoms with Gasteiger partial charge in [-0.25, -0.2) is 0 Å². The van der Waals surface area contributed by atoms with Gasteiger partial charge in [0, 0.05) is 11.1 Å². The lowest BCUT2D eigenvalue weighted by Gasteiger charge is -2.14. The van der Waals surface area contributed by atoms with Crippen molar-refractivity contribution in [3.8, 4) is 0 Å². The summed E-state index contributed by atoms with van der Waals surface area (Å²) in [5, 5.41) is 0.826. The zero-order valence-corrected chi connectivity index (χ0v) is 13.0. The van der Waals surface area contributed by atoms with Gasteiger partial charge in [-0.1, -0.05) is 48.0 Å². The summed E-state index contributed by atoms with van der Waals surface area (Å²) in [6.45, 7) is 2.03. The molecule has 1 saturated carbocycles. The Morgan fingerprint density at radius 3 is 2.81 bits per heavy atom. The van der Waals surface area contributed by atoms with Crippen molar-refractivity contribution in [2.75, 3.05) is 0 Å². The van der Waals surface area contributed by atoms with E-state index in [9.17, 15) is 0 Å². The Labute approximate surface area is 131 Å². The van der Waals surface area contributed by atoms with Crippen LogP contribution in [0.25, 0.3) is 0 Å².